The van der Waals surface area contributed by atoms with Crippen molar-refractivity contribution < 1.29 is 14.3 Å². The Morgan fingerprint density at radius 3 is 2.14 bits per heavy atom. The van der Waals surface area contributed by atoms with Gasteiger partial charge in [0.15, 0.2) is 0 Å². The Labute approximate surface area is 169 Å². The van der Waals surface area contributed by atoms with Gasteiger partial charge in [0, 0.05) is 5.69 Å². The van der Waals surface area contributed by atoms with E-state index in [1.165, 1.54) is 5.56 Å². The van der Waals surface area contributed by atoms with Crippen LogP contribution in [0.15, 0.2) is 18.2 Å². The van der Waals surface area contributed by atoms with Crippen LogP contribution in [-0.2, 0) is 11.2 Å². The van der Waals surface area contributed by atoms with Gasteiger partial charge in [-0.2, -0.15) is 0 Å². The lowest BCUT2D eigenvalue weighted by atomic mass is 9.92. The van der Waals surface area contributed by atoms with E-state index in [1.54, 1.807) is 0 Å². The van der Waals surface area contributed by atoms with E-state index in [-0.39, 0.29) is 5.97 Å². The molecular formula is C24H33NO3. The van der Waals surface area contributed by atoms with Gasteiger partial charge >= 0.3 is 5.97 Å². The Balaban J connectivity index is 2.59. The fraction of sp³-hybridized carbons (Fsp3) is 0.500. The number of esters is 1. The smallest absolute Gasteiger partial charge is 0.343 e. The van der Waals surface area contributed by atoms with Crippen LogP contribution in [0, 0.1) is 33.6 Å². The van der Waals surface area contributed by atoms with Crippen LogP contribution in [0.3, 0.4) is 0 Å². The van der Waals surface area contributed by atoms with Crippen LogP contribution in [-0.4, -0.2) is 17.6 Å². The first-order valence-corrected chi connectivity index (χ1v) is 10.2. The fourth-order valence-electron chi connectivity index (χ4n) is 3.68. The number of aromatic nitrogens is 1. The highest BCUT2D eigenvalue weighted by Gasteiger charge is 2.24. The maximum Gasteiger partial charge on any atom is 0.343 e. The van der Waals surface area contributed by atoms with Gasteiger partial charge in [-0.25, -0.2) is 9.78 Å². The summed E-state index contributed by atoms with van der Waals surface area (Å²) in [6.07, 6.45) is 2.94. The largest absolute Gasteiger partial charge is 0.462 e. The van der Waals surface area contributed by atoms with E-state index in [4.69, 9.17) is 9.47 Å². The van der Waals surface area contributed by atoms with Gasteiger partial charge in [0.1, 0.15) is 11.3 Å². The second-order valence-electron chi connectivity index (χ2n) is 7.54. The van der Waals surface area contributed by atoms with Gasteiger partial charge in [0.05, 0.1) is 6.61 Å². The zero-order valence-corrected chi connectivity index (χ0v) is 18.3. The molecule has 0 aliphatic heterocycles. The van der Waals surface area contributed by atoms with Crippen LogP contribution in [0.4, 0.5) is 0 Å². The van der Waals surface area contributed by atoms with Crippen molar-refractivity contribution in [2.45, 2.75) is 67.7 Å². The topological polar surface area (TPSA) is 48.4 Å². The molecule has 0 atom stereocenters. The van der Waals surface area contributed by atoms with Crippen molar-refractivity contribution in [2.24, 2.45) is 5.92 Å². The molecule has 1 heterocycles. The highest BCUT2D eigenvalue weighted by atomic mass is 16.5. The molecule has 0 aliphatic carbocycles. The minimum absolute atomic E-state index is 0.319. The number of carbonyl (C=O) groups excluding carboxylic acids is 1. The Bertz CT molecular complexity index is 815. The van der Waals surface area contributed by atoms with Gasteiger partial charge in [-0.05, 0) is 69.7 Å². The summed E-state index contributed by atoms with van der Waals surface area (Å²) in [7, 11) is 0. The van der Waals surface area contributed by atoms with Crippen LogP contribution < -0.4 is 4.74 Å². The fourth-order valence-corrected chi connectivity index (χ4v) is 3.68. The summed E-state index contributed by atoms with van der Waals surface area (Å²) in [4.78, 5) is 17.4. The van der Waals surface area contributed by atoms with Crippen molar-refractivity contribution in [3.05, 3.63) is 51.7 Å². The molecule has 4 nitrogen and oxygen atoms in total. The van der Waals surface area contributed by atoms with Crippen molar-refractivity contribution in [1.29, 1.82) is 0 Å². The summed E-state index contributed by atoms with van der Waals surface area (Å²) in [5, 5.41) is 0. The zero-order chi connectivity index (χ0) is 20.8. The van der Waals surface area contributed by atoms with Gasteiger partial charge in [-0.15, -0.1) is 0 Å². The number of hydrogen-bond acceptors (Lipinski definition) is 4. The molecule has 0 bridgehead atoms. The van der Waals surface area contributed by atoms with Gasteiger partial charge in [-0.3, -0.25) is 0 Å². The number of aryl methyl sites for hydroxylation is 4. The SMILES string of the molecule is CCOC(=O)c1c(CC(CC)CC)cc(C)nc1Oc1c(C)cc(C)cc1C. The van der Waals surface area contributed by atoms with E-state index in [2.05, 4.69) is 37.9 Å². The van der Waals surface area contributed by atoms with Crippen molar-refractivity contribution in [3.8, 4) is 11.6 Å². The molecule has 0 radical (unpaired) electrons. The number of rotatable bonds is 8. The summed E-state index contributed by atoms with van der Waals surface area (Å²) in [6.45, 7) is 14.5. The first kappa shape index (κ1) is 21.9. The van der Waals surface area contributed by atoms with E-state index in [0.717, 1.165) is 47.4 Å². The van der Waals surface area contributed by atoms with Crippen molar-refractivity contribution in [3.63, 3.8) is 0 Å². The number of carbonyl (C=O) groups is 1. The predicted octanol–water partition coefficient (Wildman–Crippen LogP) is 6.26. The number of hydrogen-bond donors (Lipinski definition) is 0. The summed E-state index contributed by atoms with van der Waals surface area (Å²) in [5.41, 5.74) is 5.48. The minimum atomic E-state index is -0.367. The molecule has 1 aromatic carbocycles. The maximum atomic E-state index is 12.8. The molecule has 2 rings (SSSR count). The normalized spacial score (nSPS) is 11.0. The van der Waals surface area contributed by atoms with E-state index in [0.29, 0.717) is 24.0 Å². The van der Waals surface area contributed by atoms with Crippen LogP contribution in [0.5, 0.6) is 11.6 Å². The molecule has 2 aromatic rings. The molecule has 0 saturated heterocycles. The number of pyridine rings is 1. The second-order valence-corrected chi connectivity index (χ2v) is 7.54. The van der Waals surface area contributed by atoms with E-state index < -0.39 is 0 Å². The maximum absolute atomic E-state index is 12.8. The molecule has 0 N–H and O–H groups in total. The number of ether oxygens (including phenoxy) is 2. The summed E-state index contributed by atoms with van der Waals surface area (Å²) in [6, 6.07) is 6.15. The Morgan fingerprint density at radius 2 is 1.61 bits per heavy atom. The molecule has 4 heteroatoms. The zero-order valence-electron chi connectivity index (χ0n) is 18.3. The third-order valence-corrected chi connectivity index (χ3v) is 5.14. The predicted molar refractivity (Wildman–Crippen MR) is 113 cm³/mol. The lowest BCUT2D eigenvalue weighted by Gasteiger charge is -2.19. The first-order chi connectivity index (χ1) is 13.3. The number of benzene rings is 1. The van der Waals surface area contributed by atoms with Crippen LogP contribution in [0.2, 0.25) is 0 Å². The molecule has 0 amide bonds. The minimum Gasteiger partial charge on any atom is -0.462 e. The van der Waals surface area contributed by atoms with Crippen molar-refractivity contribution in [2.75, 3.05) is 6.61 Å². The highest BCUT2D eigenvalue weighted by Crippen LogP contribution is 2.33. The van der Waals surface area contributed by atoms with Crippen LogP contribution in [0.1, 0.15) is 71.9 Å². The second kappa shape index (κ2) is 9.72. The van der Waals surface area contributed by atoms with Crippen LogP contribution >= 0.6 is 0 Å². The highest BCUT2D eigenvalue weighted by molar-refractivity contribution is 5.93. The Kier molecular flexibility index (Phi) is 7.61. The molecule has 0 aliphatic rings. The molecule has 1 aromatic heterocycles. The molecule has 28 heavy (non-hydrogen) atoms. The van der Waals surface area contributed by atoms with E-state index in [9.17, 15) is 4.79 Å². The van der Waals surface area contributed by atoms with Crippen molar-refractivity contribution in [1.82, 2.24) is 4.98 Å². The quantitative estimate of drug-likeness (QED) is 0.505. The van der Waals surface area contributed by atoms with Gasteiger partial charge in [0.25, 0.3) is 0 Å². The van der Waals surface area contributed by atoms with Crippen molar-refractivity contribution >= 4 is 5.97 Å². The van der Waals surface area contributed by atoms with Crippen LogP contribution in [0.25, 0.3) is 0 Å². The summed E-state index contributed by atoms with van der Waals surface area (Å²) in [5.74, 6) is 1.23. The molecular weight excluding hydrogens is 350 g/mol. The summed E-state index contributed by atoms with van der Waals surface area (Å²) >= 11 is 0. The first-order valence-electron chi connectivity index (χ1n) is 10.2. The van der Waals surface area contributed by atoms with E-state index in [1.807, 2.05) is 33.8 Å². The molecule has 152 valence electrons. The summed E-state index contributed by atoms with van der Waals surface area (Å²) < 4.78 is 11.6. The van der Waals surface area contributed by atoms with Gasteiger partial charge in [0.2, 0.25) is 5.88 Å². The lowest BCUT2D eigenvalue weighted by molar-refractivity contribution is 0.0521. The van der Waals surface area contributed by atoms with E-state index >= 15 is 0 Å². The number of nitrogens with zero attached hydrogens (tertiary/aromatic N) is 1. The monoisotopic (exact) mass is 383 g/mol. The van der Waals surface area contributed by atoms with Gasteiger partial charge < -0.3 is 9.47 Å². The molecule has 0 unspecified atom stereocenters. The standard InChI is InChI=1S/C24H33NO3/c1-8-19(9-2)14-20-13-18(7)25-23(21(20)24(26)27-10-3)28-22-16(5)11-15(4)12-17(22)6/h11-13,19H,8-10,14H2,1-7H3. The average Bonchev–Trinajstić information content (AvgIpc) is 2.62. The molecule has 0 spiro atoms. The Morgan fingerprint density at radius 1 is 1.00 bits per heavy atom. The third kappa shape index (κ3) is 5.12. The van der Waals surface area contributed by atoms with Gasteiger partial charge in [-0.1, -0.05) is 44.4 Å². The third-order valence-electron chi connectivity index (χ3n) is 5.14. The molecule has 0 fully saturated rings. The Hall–Kier alpha value is -2.36. The molecule has 0 saturated carbocycles. The lowest BCUT2D eigenvalue weighted by Crippen LogP contribution is -2.14. The average molecular weight is 384 g/mol.